The number of fused-ring (bicyclic) bond motifs is 9. The van der Waals surface area contributed by atoms with Crippen molar-refractivity contribution in [1.29, 1.82) is 0 Å². The highest BCUT2D eigenvalue weighted by atomic mass is 32.1. The maximum absolute atomic E-state index is 3.85. The van der Waals surface area contributed by atoms with Crippen molar-refractivity contribution in [3.8, 4) is 16.8 Å². The molecule has 0 fully saturated rings. The minimum absolute atomic E-state index is 1.09. The van der Waals surface area contributed by atoms with E-state index in [1.165, 1.54) is 97.2 Å². The van der Waals surface area contributed by atoms with Gasteiger partial charge < -0.3 is 9.88 Å². The number of nitrogens with one attached hydrogen (secondary N) is 1. The fourth-order valence-corrected chi connectivity index (χ4v) is 8.91. The Balaban J connectivity index is 1.33. The van der Waals surface area contributed by atoms with Gasteiger partial charge in [0.05, 0.1) is 5.52 Å². The summed E-state index contributed by atoms with van der Waals surface area (Å²) in [5, 5.41) is 11.6. The summed E-state index contributed by atoms with van der Waals surface area (Å²) in [7, 11) is 2.43. The van der Waals surface area contributed by atoms with Crippen LogP contribution in [0.15, 0.2) is 121 Å². The van der Waals surface area contributed by atoms with E-state index in [9.17, 15) is 0 Å². The van der Waals surface area contributed by atoms with Gasteiger partial charge in [0.1, 0.15) is 0 Å². The predicted molar refractivity (Wildman–Crippen MR) is 206 cm³/mol. The molecule has 0 saturated heterocycles. The largest absolute Gasteiger partial charge is 0.355 e. The number of benzene rings is 7. The van der Waals surface area contributed by atoms with E-state index in [4.69, 9.17) is 0 Å². The van der Waals surface area contributed by atoms with Crippen LogP contribution in [0.1, 0.15) is 16.7 Å². The van der Waals surface area contributed by atoms with Crippen LogP contribution in [-0.2, 0) is 0 Å². The molecule has 0 aliphatic carbocycles. The van der Waals surface area contributed by atoms with Gasteiger partial charge in [0.15, 0.2) is 7.28 Å². The van der Waals surface area contributed by atoms with Gasteiger partial charge in [-0.3, -0.25) is 0 Å². The molecule has 0 saturated carbocycles. The second-order valence-corrected chi connectivity index (χ2v) is 14.2. The van der Waals surface area contributed by atoms with E-state index >= 15 is 0 Å². The number of hydrogen-bond acceptors (Lipinski definition) is 2. The molecule has 1 radical (unpaired) electrons. The molecule has 9 aromatic rings. The maximum atomic E-state index is 3.85. The number of thiophene rings is 1. The Labute approximate surface area is 278 Å². The van der Waals surface area contributed by atoms with Crippen molar-refractivity contribution in [2.45, 2.75) is 20.8 Å². The molecule has 221 valence electrons. The highest BCUT2D eigenvalue weighted by Gasteiger charge is 2.28. The summed E-state index contributed by atoms with van der Waals surface area (Å²) in [6.07, 6.45) is 0. The van der Waals surface area contributed by atoms with E-state index in [1.807, 2.05) is 11.3 Å². The Hall–Kier alpha value is -5.32. The van der Waals surface area contributed by atoms with E-state index in [0.29, 0.717) is 0 Å². The third-order valence-corrected chi connectivity index (χ3v) is 11.1. The molecular formula is C43H30BN2S. The molecule has 10 rings (SSSR count). The second-order valence-electron chi connectivity index (χ2n) is 13.1. The lowest BCUT2D eigenvalue weighted by Gasteiger charge is -2.25. The zero-order chi connectivity index (χ0) is 31.4. The molecule has 0 bridgehead atoms. The third kappa shape index (κ3) is 3.98. The fraction of sp³-hybridized carbons (Fsp3) is 0.0698. The van der Waals surface area contributed by atoms with E-state index in [-0.39, 0.29) is 0 Å². The Kier molecular flexibility index (Phi) is 5.62. The Morgan fingerprint density at radius 3 is 2.23 bits per heavy atom. The molecule has 4 heteroatoms. The van der Waals surface area contributed by atoms with Crippen molar-refractivity contribution >= 4 is 93.7 Å². The first kappa shape index (κ1) is 26.9. The molecule has 0 unspecified atom stereocenters. The first-order valence-electron chi connectivity index (χ1n) is 16.3. The van der Waals surface area contributed by atoms with E-state index in [1.54, 1.807) is 0 Å². The van der Waals surface area contributed by atoms with E-state index in [0.717, 1.165) is 11.4 Å². The van der Waals surface area contributed by atoms with Gasteiger partial charge in [0.2, 0.25) is 0 Å². The molecule has 47 heavy (non-hydrogen) atoms. The highest BCUT2D eigenvalue weighted by molar-refractivity contribution is 7.25. The van der Waals surface area contributed by atoms with Crippen LogP contribution >= 0.6 is 11.3 Å². The summed E-state index contributed by atoms with van der Waals surface area (Å²) in [6, 6.07) is 45.1. The topological polar surface area (TPSA) is 17.0 Å². The molecule has 0 amide bonds. The Morgan fingerprint density at radius 1 is 0.617 bits per heavy atom. The van der Waals surface area contributed by atoms with Crippen molar-refractivity contribution in [3.05, 3.63) is 138 Å². The summed E-state index contributed by atoms with van der Waals surface area (Å²) >= 11 is 1.87. The van der Waals surface area contributed by atoms with Crippen molar-refractivity contribution in [3.63, 3.8) is 0 Å². The number of aryl methyl sites for hydroxylation is 3. The molecule has 1 aliphatic heterocycles. The number of hydrogen-bond donors (Lipinski definition) is 1. The van der Waals surface area contributed by atoms with Gasteiger partial charge in [-0.25, -0.2) is 0 Å². The SMILES string of the molecule is Cc1ccc(Nc2cc3sc4ccccc4c3cc2-c2cc(C)c3c4cc5ccccc5cc4n4c3c2[B]c2cc(C)ccc2-4)cc1. The van der Waals surface area contributed by atoms with Crippen molar-refractivity contribution < 1.29 is 0 Å². The molecule has 2 nitrogen and oxygen atoms in total. The van der Waals surface area contributed by atoms with Crippen LogP contribution in [0.5, 0.6) is 0 Å². The second kappa shape index (κ2) is 9.84. The summed E-state index contributed by atoms with van der Waals surface area (Å²) < 4.78 is 5.14. The van der Waals surface area contributed by atoms with Gasteiger partial charge in [-0.15, -0.1) is 11.3 Å². The molecular weight excluding hydrogens is 587 g/mol. The number of rotatable bonds is 3. The third-order valence-electron chi connectivity index (χ3n) is 10.00. The lowest BCUT2D eigenvalue weighted by molar-refractivity contribution is 1.19. The molecule has 7 aromatic carbocycles. The number of anilines is 2. The lowest BCUT2D eigenvalue weighted by atomic mass is 9.58. The predicted octanol–water partition coefficient (Wildman–Crippen LogP) is 10.6. The van der Waals surface area contributed by atoms with Crippen LogP contribution in [0.4, 0.5) is 11.4 Å². The van der Waals surface area contributed by atoms with Crippen LogP contribution in [-0.4, -0.2) is 11.8 Å². The fourth-order valence-electron chi connectivity index (χ4n) is 7.78. The summed E-state index contributed by atoms with van der Waals surface area (Å²) in [4.78, 5) is 0. The normalized spacial score (nSPS) is 12.3. The van der Waals surface area contributed by atoms with Crippen molar-refractivity contribution in [2.75, 3.05) is 5.32 Å². The molecule has 0 spiro atoms. The summed E-state index contributed by atoms with van der Waals surface area (Å²) in [5.41, 5.74) is 14.8. The standard InChI is InChI=1S/C43H30BN2S/c1-24-12-15-29(16-13-24)45-36-23-40-32(30-10-6-7-11-39(30)47-40)22-31(36)33-19-26(3)41-34-20-27-8-4-5-9-28(27)21-38(34)46-37-17-14-25(2)18-35(37)44-42(33)43(41)46/h4-23,45H,1-3H3. The first-order chi connectivity index (χ1) is 23.0. The highest BCUT2D eigenvalue weighted by Crippen LogP contribution is 2.44. The average molecular weight is 618 g/mol. The Bertz CT molecular complexity index is 2770. The molecule has 2 aromatic heterocycles. The van der Waals surface area contributed by atoms with E-state index in [2.05, 4.69) is 159 Å². The van der Waals surface area contributed by atoms with Crippen LogP contribution in [0, 0.1) is 20.8 Å². The van der Waals surface area contributed by atoms with Gasteiger partial charge in [0, 0.05) is 59.1 Å². The monoisotopic (exact) mass is 617 g/mol. The van der Waals surface area contributed by atoms with Gasteiger partial charge in [0.25, 0.3) is 0 Å². The van der Waals surface area contributed by atoms with E-state index < -0.39 is 0 Å². The molecule has 1 aliphatic rings. The lowest BCUT2D eigenvalue weighted by Crippen LogP contribution is -2.37. The van der Waals surface area contributed by atoms with Gasteiger partial charge >= 0.3 is 0 Å². The maximum Gasteiger partial charge on any atom is 0.197 e. The first-order valence-corrected chi connectivity index (χ1v) is 17.1. The minimum Gasteiger partial charge on any atom is -0.355 e. The van der Waals surface area contributed by atoms with Crippen molar-refractivity contribution in [2.24, 2.45) is 0 Å². The average Bonchev–Trinajstić information content (AvgIpc) is 3.61. The van der Waals surface area contributed by atoms with Gasteiger partial charge in [-0.2, -0.15) is 0 Å². The summed E-state index contributed by atoms with van der Waals surface area (Å²) in [5.74, 6) is 0. The van der Waals surface area contributed by atoms with Crippen LogP contribution in [0.2, 0.25) is 0 Å². The zero-order valence-corrected chi connectivity index (χ0v) is 27.3. The van der Waals surface area contributed by atoms with Gasteiger partial charge in [-0.05, 0) is 96.7 Å². The molecule has 3 heterocycles. The minimum atomic E-state index is 1.09. The summed E-state index contributed by atoms with van der Waals surface area (Å²) in [6.45, 7) is 6.62. The molecule has 1 N–H and O–H groups in total. The Morgan fingerprint density at radius 2 is 1.38 bits per heavy atom. The van der Waals surface area contributed by atoms with Crippen molar-refractivity contribution in [1.82, 2.24) is 4.57 Å². The van der Waals surface area contributed by atoms with Crippen LogP contribution in [0.25, 0.3) is 69.6 Å². The smallest absolute Gasteiger partial charge is 0.197 e. The molecule has 0 atom stereocenters. The van der Waals surface area contributed by atoms with Crippen LogP contribution < -0.4 is 16.2 Å². The number of nitrogens with zero attached hydrogens (tertiary/aromatic N) is 1. The van der Waals surface area contributed by atoms with Crippen LogP contribution in [0.3, 0.4) is 0 Å². The zero-order valence-electron chi connectivity index (χ0n) is 26.5. The quantitative estimate of drug-likeness (QED) is 0.195. The number of aromatic nitrogens is 1. The van der Waals surface area contributed by atoms with Gasteiger partial charge in [-0.1, -0.05) is 89.4 Å².